The normalized spacial score (nSPS) is 10.0. The maximum atomic E-state index is 8.75. The van der Waals surface area contributed by atoms with Gasteiger partial charge in [-0.2, -0.15) is 0 Å². The van der Waals surface area contributed by atoms with Crippen molar-refractivity contribution in [3.63, 3.8) is 0 Å². The van der Waals surface area contributed by atoms with Crippen molar-refractivity contribution in [3.8, 4) is 0 Å². The summed E-state index contributed by atoms with van der Waals surface area (Å²) in [5.74, 6) is 0. The fraction of sp³-hybridized carbons (Fsp3) is 0.375. The Hall–Kier alpha value is -0.930. The quantitative estimate of drug-likeness (QED) is 0.654. The highest BCUT2D eigenvalue weighted by atomic mass is 16.3. The fourth-order valence-electron chi connectivity index (χ4n) is 0.929. The van der Waals surface area contributed by atoms with Crippen LogP contribution < -0.4 is 5.32 Å². The predicted octanol–water partition coefficient (Wildman–Crippen LogP) is 0.293. The first-order valence-electron chi connectivity index (χ1n) is 3.56. The third-order valence-corrected chi connectivity index (χ3v) is 1.42. The van der Waals surface area contributed by atoms with Gasteiger partial charge < -0.3 is 10.4 Å². The Kier molecular flexibility index (Phi) is 3.01. The zero-order valence-corrected chi connectivity index (χ0v) is 6.54. The first-order valence-corrected chi connectivity index (χ1v) is 3.56. The van der Waals surface area contributed by atoms with E-state index < -0.39 is 0 Å². The molecule has 0 saturated heterocycles. The second kappa shape index (κ2) is 4.05. The van der Waals surface area contributed by atoms with Crippen LogP contribution in [0.2, 0.25) is 0 Å². The minimum Gasteiger partial charge on any atom is -0.390 e. The largest absolute Gasteiger partial charge is 0.390 e. The lowest BCUT2D eigenvalue weighted by molar-refractivity contribution is 0.276. The molecule has 0 aromatic carbocycles. The molecular formula is C8H12N2O. The molecule has 60 valence electrons. The molecule has 1 rings (SSSR count). The standard InChI is InChI=1S/C8H12N2O/c1-9-5-7-2-3-10-8(4-7)6-11/h2-4,9,11H,5-6H2,1H3. The van der Waals surface area contributed by atoms with Gasteiger partial charge in [0.2, 0.25) is 0 Å². The van der Waals surface area contributed by atoms with E-state index in [2.05, 4.69) is 10.3 Å². The van der Waals surface area contributed by atoms with Crippen LogP contribution in [0.15, 0.2) is 18.3 Å². The van der Waals surface area contributed by atoms with Gasteiger partial charge in [-0.15, -0.1) is 0 Å². The highest BCUT2D eigenvalue weighted by Gasteiger charge is 1.93. The van der Waals surface area contributed by atoms with Crippen LogP contribution in [0.1, 0.15) is 11.3 Å². The molecule has 1 aromatic rings. The molecule has 0 aliphatic carbocycles. The number of pyridine rings is 1. The van der Waals surface area contributed by atoms with Gasteiger partial charge in [0, 0.05) is 12.7 Å². The molecule has 0 radical (unpaired) electrons. The minimum absolute atomic E-state index is 0.0115. The predicted molar refractivity (Wildman–Crippen MR) is 42.9 cm³/mol. The Labute approximate surface area is 66.1 Å². The monoisotopic (exact) mass is 152 g/mol. The summed E-state index contributed by atoms with van der Waals surface area (Å²) in [4.78, 5) is 3.96. The second-order valence-corrected chi connectivity index (χ2v) is 2.34. The van der Waals surface area contributed by atoms with Crippen LogP contribution in [-0.4, -0.2) is 17.1 Å². The fourth-order valence-corrected chi connectivity index (χ4v) is 0.929. The average Bonchev–Trinajstić information content (AvgIpc) is 2.06. The molecule has 3 heteroatoms. The van der Waals surface area contributed by atoms with Gasteiger partial charge in [0.15, 0.2) is 0 Å². The first kappa shape index (κ1) is 8.17. The summed E-state index contributed by atoms with van der Waals surface area (Å²) >= 11 is 0. The zero-order valence-electron chi connectivity index (χ0n) is 6.54. The minimum atomic E-state index is 0.0115. The van der Waals surface area contributed by atoms with Gasteiger partial charge in [0.05, 0.1) is 12.3 Å². The molecule has 0 unspecified atom stereocenters. The van der Waals surface area contributed by atoms with Crippen LogP contribution in [0.25, 0.3) is 0 Å². The number of aliphatic hydroxyl groups is 1. The molecule has 11 heavy (non-hydrogen) atoms. The molecule has 0 amide bonds. The van der Waals surface area contributed by atoms with E-state index in [9.17, 15) is 0 Å². The third kappa shape index (κ3) is 2.29. The summed E-state index contributed by atoms with van der Waals surface area (Å²) < 4.78 is 0. The number of hydrogen-bond acceptors (Lipinski definition) is 3. The Morgan fingerprint density at radius 1 is 1.64 bits per heavy atom. The smallest absolute Gasteiger partial charge is 0.0853 e. The van der Waals surface area contributed by atoms with E-state index in [1.54, 1.807) is 6.20 Å². The van der Waals surface area contributed by atoms with E-state index >= 15 is 0 Å². The van der Waals surface area contributed by atoms with Crippen molar-refractivity contribution in [1.82, 2.24) is 10.3 Å². The molecule has 0 bridgehead atoms. The molecule has 0 spiro atoms. The van der Waals surface area contributed by atoms with Crippen molar-refractivity contribution in [3.05, 3.63) is 29.6 Å². The SMILES string of the molecule is CNCc1ccnc(CO)c1. The van der Waals surface area contributed by atoms with Crippen molar-refractivity contribution in [2.75, 3.05) is 7.05 Å². The number of nitrogens with one attached hydrogen (secondary N) is 1. The van der Waals surface area contributed by atoms with Gasteiger partial charge in [-0.1, -0.05) is 0 Å². The Balaban J connectivity index is 2.74. The van der Waals surface area contributed by atoms with E-state index in [1.165, 1.54) is 0 Å². The van der Waals surface area contributed by atoms with Crippen molar-refractivity contribution < 1.29 is 5.11 Å². The number of hydrogen-bond donors (Lipinski definition) is 2. The molecular weight excluding hydrogens is 140 g/mol. The summed E-state index contributed by atoms with van der Waals surface area (Å²) in [6.07, 6.45) is 1.71. The van der Waals surface area contributed by atoms with E-state index in [4.69, 9.17) is 5.11 Å². The molecule has 3 nitrogen and oxygen atoms in total. The van der Waals surface area contributed by atoms with Crippen molar-refractivity contribution in [2.45, 2.75) is 13.2 Å². The number of aliphatic hydroxyl groups excluding tert-OH is 1. The highest BCUT2D eigenvalue weighted by Crippen LogP contribution is 2.00. The molecule has 0 atom stereocenters. The van der Waals surface area contributed by atoms with Crippen LogP contribution in [0.3, 0.4) is 0 Å². The number of aromatic nitrogens is 1. The molecule has 0 saturated carbocycles. The van der Waals surface area contributed by atoms with Gasteiger partial charge in [-0.05, 0) is 24.7 Å². The Morgan fingerprint density at radius 3 is 3.09 bits per heavy atom. The summed E-state index contributed by atoms with van der Waals surface area (Å²) in [6.45, 7) is 0.826. The van der Waals surface area contributed by atoms with Gasteiger partial charge in [-0.3, -0.25) is 4.98 Å². The summed E-state index contributed by atoms with van der Waals surface area (Å²) in [6, 6.07) is 3.81. The van der Waals surface area contributed by atoms with Crippen molar-refractivity contribution in [2.24, 2.45) is 0 Å². The Morgan fingerprint density at radius 2 is 2.45 bits per heavy atom. The van der Waals surface area contributed by atoms with Crippen LogP contribution in [0.4, 0.5) is 0 Å². The molecule has 2 N–H and O–H groups in total. The number of rotatable bonds is 3. The summed E-state index contributed by atoms with van der Waals surface area (Å²) in [5.41, 5.74) is 1.87. The lowest BCUT2D eigenvalue weighted by atomic mass is 10.2. The lowest BCUT2D eigenvalue weighted by Gasteiger charge is -2.00. The molecule has 0 fully saturated rings. The summed E-state index contributed by atoms with van der Waals surface area (Å²) in [5, 5.41) is 11.8. The Bertz CT molecular complexity index is 225. The van der Waals surface area contributed by atoms with Crippen LogP contribution in [0.5, 0.6) is 0 Å². The van der Waals surface area contributed by atoms with Gasteiger partial charge in [0.25, 0.3) is 0 Å². The van der Waals surface area contributed by atoms with E-state index in [0.29, 0.717) is 0 Å². The topological polar surface area (TPSA) is 45.2 Å². The zero-order chi connectivity index (χ0) is 8.10. The lowest BCUT2D eigenvalue weighted by Crippen LogP contribution is -2.05. The molecule has 1 aromatic heterocycles. The third-order valence-electron chi connectivity index (χ3n) is 1.42. The molecule has 0 aliphatic heterocycles. The maximum absolute atomic E-state index is 8.75. The molecule has 0 aliphatic rings. The van der Waals surface area contributed by atoms with Gasteiger partial charge in [0.1, 0.15) is 0 Å². The van der Waals surface area contributed by atoms with Crippen molar-refractivity contribution >= 4 is 0 Å². The second-order valence-electron chi connectivity index (χ2n) is 2.34. The van der Waals surface area contributed by atoms with E-state index in [1.807, 2.05) is 19.2 Å². The van der Waals surface area contributed by atoms with E-state index in [-0.39, 0.29) is 6.61 Å². The average molecular weight is 152 g/mol. The van der Waals surface area contributed by atoms with E-state index in [0.717, 1.165) is 17.8 Å². The molecule has 1 heterocycles. The van der Waals surface area contributed by atoms with Crippen LogP contribution in [-0.2, 0) is 13.2 Å². The van der Waals surface area contributed by atoms with Gasteiger partial charge in [-0.25, -0.2) is 0 Å². The maximum Gasteiger partial charge on any atom is 0.0853 e. The van der Waals surface area contributed by atoms with Crippen molar-refractivity contribution in [1.29, 1.82) is 0 Å². The van der Waals surface area contributed by atoms with Crippen LogP contribution >= 0.6 is 0 Å². The first-order chi connectivity index (χ1) is 5.36. The highest BCUT2D eigenvalue weighted by molar-refractivity contribution is 5.15. The van der Waals surface area contributed by atoms with Crippen LogP contribution in [0, 0.1) is 0 Å². The number of nitrogens with zero attached hydrogens (tertiary/aromatic N) is 1. The summed E-state index contributed by atoms with van der Waals surface area (Å²) in [7, 11) is 1.89. The van der Waals surface area contributed by atoms with Gasteiger partial charge >= 0.3 is 0 Å².